The van der Waals surface area contributed by atoms with Crippen molar-refractivity contribution in [3.8, 4) is 0 Å². The van der Waals surface area contributed by atoms with Crippen LogP contribution in [0.1, 0.15) is 17.3 Å². The van der Waals surface area contributed by atoms with E-state index in [-0.39, 0.29) is 16.3 Å². The van der Waals surface area contributed by atoms with Crippen LogP contribution < -0.4 is 5.73 Å². The Morgan fingerprint density at radius 2 is 2.17 bits per heavy atom. The summed E-state index contributed by atoms with van der Waals surface area (Å²) in [6.07, 6.45) is 0. The first-order chi connectivity index (χ1) is 5.54. The lowest BCUT2D eigenvalue weighted by Gasteiger charge is -2.03. The van der Waals surface area contributed by atoms with Gasteiger partial charge in [-0.15, -0.1) is 0 Å². The van der Waals surface area contributed by atoms with Crippen molar-refractivity contribution < 1.29 is 9.18 Å². The molecule has 12 heavy (non-hydrogen) atoms. The number of Topliss-reactive ketones (excluding diaryl/α,β-unsaturated/α-hetero) is 1. The van der Waals surface area contributed by atoms with Crippen LogP contribution in [0.5, 0.6) is 0 Å². The van der Waals surface area contributed by atoms with E-state index in [1.165, 1.54) is 19.1 Å². The van der Waals surface area contributed by atoms with E-state index in [1.54, 1.807) is 0 Å². The first-order valence-corrected chi connectivity index (χ1v) is 3.66. The number of rotatable bonds is 1. The largest absolute Gasteiger partial charge is 0.396 e. The fourth-order valence-electron chi connectivity index (χ4n) is 0.891. The molecule has 0 radical (unpaired) electrons. The molecule has 0 heterocycles. The molecule has 0 aromatic heterocycles. The number of hydrogen-bond acceptors (Lipinski definition) is 2. The van der Waals surface area contributed by atoms with Crippen molar-refractivity contribution in [2.75, 3.05) is 5.73 Å². The van der Waals surface area contributed by atoms with E-state index in [9.17, 15) is 9.18 Å². The third-order valence-electron chi connectivity index (χ3n) is 1.47. The molecule has 0 aliphatic carbocycles. The van der Waals surface area contributed by atoms with Gasteiger partial charge in [0.05, 0.1) is 16.3 Å². The quantitative estimate of drug-likeness (QED) is 0.541. The van der Waals surface area contributed by atoms with E-state index in [2.05, 4.69) is 0 Å². The number of anilines is 1. The van der Waals surface area contributed by atoms with Crippen molar-refractivity contribution in [1.82, 2.24) is 0 Å². The van der Waals surface area contributed by atoms with Gasteiger partial charge in [-0.25, -0.2) is 4.39 Å². The second-order valence-electron chi connectivity index (χ2n) is 2.38. The molecule has 0 aliphatic heterocycles. The molecule has 0 amide bonds. The summed E-state index contributed by atoms with van der Waals surface area (Å²) in [5.41, 5.74) is 5.03. The first-order valence-electron chi connectivity index (χ1n) is 3.28. The molecule has 64 valence electrons. The Morgan fingerprint density at radius 1 is 1.58 bits per heavy atom. The Morgan fingerprint density at radius 3 is 2.58 bits per heavy atom. The number of nitrogen functional groups attached to an aromatic ring is 1. The highest BCUT2D eigenvalue weighted by Crippen LogP contribution is 2.23. The minimum atomic E-state index is -0.741. The van der Waals surface area contributed by atoms with Crippen molar-refractivity contribution >= 4 is 23.1 Å². The number of nitrogens with two attached hydrogens (primary N) is 1. The van der Waals surface area contributed by atoms with Crippen LogP contribution in [0.3, 0.4) is 0 Å². The third-order valence-corrected chi connectivity index (χ3v) is 1.79. The molecule has 1 rings (SSSR count). The zero-order valence-electron chi connectivity index (χ0n) is 6.40. The molecule has 0 saturated heterocycles. The van der Waals surface area contributed by atoms with Crippen LogP contribution in [0.15, 0.2) is 12.1 Å². The van der Waals surface area contributed by atoms with Crippen molar-refractivity contribution in [2.24, 2.45) is 0 Å². The highest BCUT2D eigenvalue weighted by Gasteiger charge is 2.13. The lowest BCUT2D eigenvalue weighted by atomic mass is 10.1. The van der Waals surface area contributed by atoms with E-state index in [0.29, 0.717) is 0 Å². The molecule has 1 aromatic carbocycles. The van der Waals surface area contributed by atoms with Crippen molar-refractivity contribution in [3.05, 3.63) is 28.5 Å². The Kier molecular flexibility index (Phi) is 2.33. The lowest BCUT2D eigenvalue weighted by Crippen LogP contribution is -2.02. The van der Waals surface area contributed by atoms with E-state index in [0.717, 1.165) is 0 Å². The average Bonchev–Trinajstić information content (AvgIpc) is 1.97. The molecule has 1 aromatic rings. The molecule has 0 atom stereocenters. The standard InChI is InChI=1S/C8H7ClFNO/c1-4(12)7-5(9)2-3-6(11)8(7)10/h2-3H,11H2,1H3. The highest BCUT2D eigenvalue weighted by molar-refractivity contribution is 6.34. The van der Waals surface area contributed by atoms with Gasteiger partial charge in [0.1, 0.15) is 0 Å². The van der Waals surface area contributed by atoms with Gasteiger partial charge in [0.2, 0.25) is 0 Å². The molecule has 2 N–H and O–H groups in total. The summed E-state index contributed by atoms with van der Waals surface area (Å²) in [6.45, 7) is 1.24. The maximum atomic E-state index is 13.1. The number of hydrogen-bond donors (Lipinski definition) is 1. The molecular formula is C8H7ClFNO. The molecule has 0 bridgehead atoms. The Hall–Kier alpha value is -1.09. The summed E-state index contributed by atoms with van der Waals surface area (Å²) in [6, 6.07) is 2.72. The van der Waals surface area contributed by atoms with E-state index in [1.807, 2.05) is 0 Å². The predicted octanol–water partition coefficient (Wildman–Crippen LogP) is 2.26. The molecule has 0 aliphatic rings. The van der Waals surface area contributed by atoms with Gasteiger partial charge >= 0.3 is 0 Å². The number of benzene rings is 1. The molecule has 4 heteroatoms. The summed E-state index contributed by atoms with van der Waals surface area (Å²) in [7, 11) is 0. The number of halogens is 2. The van der Waals surface area contributed by atoms with E-state index >= 15 is 0 Å². The van der Waals surface area contributed by atoms with Gasteiger partial charge in [-0.3, -0.25) is 4.79 Å². The minimum Gasteiger partial charge on any atom is -0.396 e. The third kappa shape index (κ3) is 1.41. The molecular weight excluding hydrogens is 181 g/mol. The van der Waals surface area contributed by atoms with E-state index in [4.69, 9.17) is 17.3 Å². The van der Waals surface area contributed by atoms with Crippen molar-refractivity contribution in [3.63, 3.8) is 0 Å². The minimum absolute atomic E-state index is 0.0652. The van der Waals surface area contributed by atoms with Crippen LogP contribution in [-0.4, -0.2) is 5.78 Å². The first kappa shape index (κ1) is 9.00. The molecule has 0 fully saturated rings. The predicted molar refractivity (Wildman–Crippen MR) is 45.8 cm³/mol. The Bertz CT molecular complexity index is 338. The van der Waals surface area contributed by atoms with Crippen LogP contribution in [0, 0.1) is 5.82 Å². The van der Waals surface area contributed by atoms with Gasteiger partial charge in [0, 0.05) is 0 Å². The topological polar surface area (TPSA) is 43.1 Å². The molecule has 2 nitrogen and oxygen atoms in total. The SMILES string of the molecule is CC(=O)c1c(Cl)ccc(N)c1F. The van der Waals surface area contributed by atoms with Crippen LogP contribution in [0.2, 0.25) is 5.02 Å². The summed E-state index contributed by atoms with van der Waals surface area (Å²) in [4.78, 5) is 10.9. The Balaban J connectivity index is 3.43. The maximum Gasteiger partial charge on any atom is 0.164 e. The zero-order valence-corrected chi connectivity index (χ0v) is 7.15. The number of carbonyl (C=O) groups excluding carboxylic acids is 1. The molecule has 0 unspecified atom stereocenters. The highest BCUT2D eigenvalue weighted by atomic mass is 35.5. The Labute approximate surface area is 74.1 Å². The van der Waals surface area contributed by atoms with Crippen molar-refractivity contribution in [1.29, 1.82) is 0 Å². The average molecular weight is 188 g/mol. The van der Waals surface area contributed by atoms with Gasteiger partial charge in [0.15, 0.2) is 11.6 Å². The van der Waals surface area contributed by atoms with Crippen LogP contribution in [0.4, 0.5) is 10.1 Å². The van der Waals surface area contributed by atoms with Gasteiger partial charge < -0.3 is 5.73 Å². The van der Waals surface area contributed by atoms with Crippen molar-refractivity contribution in [2.45, 2.75) is 6.92 Å². The van der Waals surface area contributed by atoms with Crippen LogP contribution in [-0.2, 0) is 0 Å². The second kappa shape index (κ2) is 3.11. The summed E-state index contributed by atoms with van der Waals surface area (Å²) >= 11 is 5.58. The number of carbonyl (C=O) groups is 1. The fourth-order valence-corrected chi connectivity index (χ4v) is 1.17. The van der Waals surface area contributed by atoms with Crippen LogP contribution in [0.25, 0.3) is 0 Å². The zero-order chi connectivity index (χ0) is 9.30. The summed E-state index contributed by atoms with van der Waals surface area (Å²) < 4.78 is 13.1. The molecule has 0 spiro atoms. The van der Waals surface area contributed by atoms with Crippen LogP contribution >= 0.6 is 11.6 Å². The normalized spacial score (nSPS) is 9.92. The number of ketones is 1. The molecule has 0 saturated carbocycles. The lowest BCUT2D eigenvalue weighted by molar-refractivity contribution is 0.101. The summed E-state index contributed by atoms with van der Waals surface area (Å²) in [5, 5.41) is 0.0919. The fraction of sp³-hybridized carbons (Fsp3) is 0.125. The van der Waals surface area contributed by atoms with Gasteiger partial charge in [0.25, 0.3) is 0 Å². The maximum absolute atomic E-state index is 13.1. The van der Waals surface area contributed by atoms with E-state index < -0.39 is 11.6 Å². The smallest absolute Gasteiger partial charge is 0.164 e. The monoisotopic (exact) mass is 187 g/mol. The second-order valence-corrected chi connectivity index (χ2v) is 2.79. The summed E-state index contributed by atoms with van der Waals surface area (Å²) in [5.74, 6) is -1.17. The van der Waals surface area contributed by atoms with Gasteiger partial charge in [-0.05, 0) is 19.1 Å². The van der Waals surface area contributed by atoms with Gasteiger partial charge in [-0.2, -0.15) is 0 Å². The van der Waals surface area contributed by atoms with Gasteiger partial charge in [-0.1, -0.05) is 11.6 Å².